The molecule has 1 N–H and O–H groups in total. The summed E-state index contributed by atoms with van der Waals surface area (Å²) in [6.07, 6.45) is 1.25. The first-order valence-electron chi connectivity index (χ1n) is 9.16. The van der Waals surface area contributed by atoms with E-state index in [1.807, 2.05) is 24.3 Å². The fraction of sp³-hybridized carbons (Fsp3) is 0.286. The summed E-state index contributed by atoms with van der Waals surface area (Å²) in [5.41, 5.74) is 1.13. The van der Waals surface area contributed by atoms with Crippen molar-refractivity contribution in [2.45, 2.75) is 18.3 Å². The second kappa shape index (κ2) is 6.74. The Labute approximate surface area is 161 Å². The Bertz CT molecular complexity index is 977. The van der Waals surface area contributed by atoms with Crippen LogP contribution in [0, 0.1) is 5.82 Å². The molecule has 2 heterocycles. The average Bonchev–Trinajstić information content (AvgIpc) is 2.90. The monoisotopic (exact) mass is 381 g/mol. The number of hydrogen-bond acceptors (Lipinski definition) is 3. The van der Waals surface area contributed by atoms with Gasteiger partial charge in [0.15, 0.2) is 0 Å². The number of anilines is 2. The van der Waals surface area contributed by atoms with Crippen LogP contribution >= 0.6 is 0 Å². The van der Waals surface area contributed by atoms with Gasteiger partial charge in [0.2, 0.25) is 5.91 Å². The van der Waals surface area contributed by atoms with E-state index in [4.69, 9.17) is 0 Å². The molecule has 0 aliphatic carbocycles. The molecule has 1 atom stereocenters. The SMILES string of the molecule is CN1C(=O)[C@]2(CCCN(C(=O)C(=O)Nc3cccc(F)c3)C2)c2ccccc21. The van der Waals surface area contributed by atoms with Crippen molar-refractivity contribution < 1.29 is 18.8 Å². The lowest BCUT2D eigenvalue weighted by atomic mass is 9.75. The Morgan fingerprint density at radius 3 is 2.71 bits per heavy atom. The summed E-state index contributed by atoms with van der Waals surface area (Å²) in [6.45, 7) is 0.554. The second-order valence-corrected chi connectivity index (χ2v) is 7.26. The van der Waals surface area contributed by atoms with Crippen LogP contribution in [0.2, 0.25) is 0 Å². The van der Waals surface area contributed by atoms with Crippen molar-refractivity contribution in [3.8, 4) is 0 Å². The largest absolute Gasteiger partial charge is 0.333 e. The van der Waals surface area contributed by atoms with E-state index in [9.17, 15) is 18.8 Å². The molecule has 1 saturated heterocycles. The summed E-state index contributed by atoms with van der Waals surface area (Å²) < 4.78 is 13.3. The zero-order chi connectivity index (χ0) is 19.9. The van der Waals surface area contributed by atoms with E-state index in [1.165, 1.54) is 23.1 Å². The average molecular weight is 381 g/mol. The van der Waals surface area contributed by atoms with E-state index in [2.05, 4.69) is 5.32 Å². The molecule has 3 amide bonds. The lowest BCUT2D eigenvalue weighted by Gasteiger charge is -2.39. The third-order valence-corrected chi connectivity index (χ3v) is 5.55. The lowest BCUT2D eigenvalue weighted by molar-refractivity contribution is -0.145. The summed E-state index contributed by atoms with van der Waals surface area (Å²) in [6, 6.07) is 12.9. The van der Waals surface area contributed by atoms with Crippen molar-refractivity contribution in [3.63, 3.8) is 0 Å². The van der Waals surface area contributed by atoms with Gasteiger partial charge in [0.05, 0.1) is 5.41 Å². The number of piperidine rings is 1. The molecular weight excluding hydrogens is 361 g/mol. The standard InChI is InChI=1S/C21H20FN3O3/c1-24-17-9-3-2-8-16(17)21(20(24)28)10-5-11-25(13-21)19(27)18(26)23-15-7-4-6-14(22)12-15/h2-4,6-9,12H,5,10-11,13H2,1H3,(H,23,26)/t21-/m0/s1. The maximum atomic E-state index is 13.3. The maximum Gasteiger partial charge on any atom is 0.313 e. The minimum atomic E-state index is -0.838. The van der Waals surface area contributed by atoms with Gasteiger partial charge in [-0.15, -0.1) is 0 Å². The van der Waals surface area contributed by atoms with Crippen molar-refractivity contribution in [3.05, 3.63) is 59.9 Å². The summed E-state index contributed by atoms with van der Waals surface area (Å²) in [5.74, 6) is -2.12. The highest BCUT2D eigenvalue weighted by molar-refractivity contribution is 6.39. The quantitative estimate of drug-likeness (QED) is 0.771. The van der Waals surface area contributed by atoms with Gasteiger partial charge < -0.3 is 15.1 Å². The number of likely N-dealkylation sites (N-methyl/N-ethyl adjacent to an activating group) is 1. The normalized spacial score (nSPS) is 21.0. The van der Waals surface area contributed by atoms with Crippen molar-refractivity contribution in [2.75, 3.05) is 30.4 Å². The van der Waals surface area contributed by atoms with Gasteiger partial charge in [-0.05, 0) is 42.7 Å². The molecule has 0 aromatic heterocycles. The number of carbonyl (C=O) groups is 3. The minimum absolute atomic E-state index is 0.0586. The Morgan fingerprint density at radius 2 is 1.93 bits per heavy atom. The minimum Gasteiger partial charge on any atom is -0.333 e. The van der Waals surface area contributed by atoms with Gasteiger partial charge in [-0.25, -0.2) is 4.39 Å². The summed E-state index contributed by atoms with van der Waals surface area (Å²) >= 11 is 0. The third kappa shape index (κ3) is 2.83. The molecule has 2 aromatic rings. The number of nitrogens with one attached hydrogen (secondary N) is 1. The molecule has 0 radical (unpaired) electrons. The fourth-order valence-electron chi connectivity index (χ4n) is 4.23. The van der Waals surface area contributed by atoms with Gasteiger partial charge in [0.25, 0.3) is 0 Å². The number of nitrogens with zero attached hydrogens (tertiary/aromatic N) is 2. The van der Waals surface area contributed by atoms with E-state index in [-0.39, 0.29) is 18.1 Å². The number of halogens is 1. The Kier molecular flexibility index (Phi) is 4.37. The van der Waals surface area contributed by atoms with Gasteiger partial charge in [0.1, 0.15) is 5.82 Å². The summed E-state index contributed by atoms with van der Waals surface area (Å²) in [4.78, 5) is 41.2. The van der Waals surface area contributed by atoms with Gasteiger partial charge in [-0.3, -0.25) is 14.4 Å². The molecule has 2 aromatic carbocycles. The lowest BCUT2D eigenvalue weighted by Crippen LogP contribution is -2.55. The Morgan fingerprint density at radius 1 is 1.14 bits per heavy atom. The van der Waals surface area contributed by atoms with Crippen LogP contribution in [-0.4, -0.2) is 42.8 Å². The van der Waals surface area contributed by atoms with Gasteiger partial charge in [-0.1, -0.05) is 24.3 Å². The zero-order valence-electron chi connectivity index (χ0n) is 15.4. The highest BCUT2D eigenvalue weighted by Crippen LogP contribution is 2.46. The number of para-hydroxylation sites is 1. The molecule has 0 bridgehead atoms. The van der Waals surface area contributed by atoms with E-state index in [1.54, 1.807) is 11.9 Å². The van der Waals surface area contributed by atoms with Crippen LogP contribution in [0.4, 0.5) is 15.8 Å². The number of amides is 3. The van der Waals surface area contributed by atoms with Crippen molar-refractivity contribution in [2.24, 2.45) is 0 Å². The van der Waals surface area contributed by atoms with Gasteiger partial charge in [0, 0.05) is 31.5 Å². The van der Waals surface area contributed by atoms with Crippen LogP contribution in [0.15, 0.2) is 48.5 Å². The van der Waals surface area contributed by atoms with E-state index in [0.717, 1.165) is 17.3 Å². The molecule has 7 heteroatoms. The molecule has 6 nitrogen and oxygen atoms in total. The van der Waals surface area contributed by atoms with Crippen LogP contribution in [0.3, 0.4) is 0 Å². The molecule has 28 heavy (non-hydrogen) atoms. The van der Waals surface area contributed by atoms with Crippen molar-refractivity contribution in [1.29, 1.82) is 0 Å². The van der Waals surface area contributed by atoms with Crippen LogP contribution in [0.5, 0.6) is 0 Å². The highest BCUT2D eigenvalue weighted by Gasteiger charge is 2.52. The van der Waals surface area contributed by atoms with E-state index < -0.39 is 23.0 Å². The number of carbonyl (C=O) groups excluding carboxylic acids is 3. The smallest absolute Gasteiger partial charge is 0.313 e. The molecular formula is C21H20FN3O3. The molecule has 0 saturated carbocycles. The van der Waals surface area contributed by atoms with Crippen molar-refractivity contribution in [1.82, 2.24) is 4.90 Å². The number of likely N-dealkylation sites (tertiary alicyclic amines) is 1. The number of benzene rings is 2. The molecule has 0 unspecified atom stereocenters. The highest BCUT2D eigenvalue weighted by atomic mass is 19.1. The molecule has 2 aliphatic rings. The van der Waals surface area contributed by atoms with Gasteiger partial charge >= 0.3 is 11.8 Å². The Hall–Kier alpha value is -3.22. The fourth-order valence-corrected chi connectivity index (χ4v) is 4.23. The third-order valence-electron chi connectivity index (χ3n) is 5.55. The second-order valence-electron chi connectivity index (χ2n) is 7.26. The predicted octanol–water partition coefficient (Wildman–Crippen LogP) is 2.30. The van der Waals surface area contributed by atoms with E-state index >= 15 is 0 Å². The molecule has 4 rings (SSSR count). The van der Waals surface area contributed by atoms with Gasteiger partial charge in [-0.2, -0.15) is 0 Å². The topological polar surface area (TPSA) is 69.7 Å². The first-order chi connectivity index (χ1) is 13.4. The van der Waals surface area contributed by atoms with E-state index in [0.29, 0.717) is 19.4 Å². The maximum absolute atomic E-state index is 13.3. The number of hydrogen-bond donors (Lipinski definition) is 1. The molecule has 1 fully saturated rings. The Balaban J connectivity index is 1.56. The van der Waals surface area contributed by atoms with Crippen LogP contribution in [0.1, 0.15) is 18.4 Å². The molecule has 1 spiro atoms. The first-order valence-corrected chi connectivity index (χ1v) is 9.16. The summed E-state index contributed by atoms with van der Waals surface area (Å²) in [7, 11) is 1.73. The van der Waals surface area contributed by atoms with Crippen molar-refractivity contribution >= 4 is 29.1 Å². The first kappa shape index (κ1) is 18.2. The van der Waals surface area contributed by atoms with Crippen LogP contribution in [-0.2, 0) is 19.8 Å². The zero-order valence-corrected chi connectivity index (χ0v) is 15.4. The predicted molar refractivity (Wildman–Crippen MR) is 102 cm³/mol. The molecule has 144 valence electrons. The number of rotatable bonds is 1. The van der Waals surface area contributed by atoms with Crippen LogP contribution in [0.25, 0.3) is 0 Å². The van der Waals surface area contributed by atoms with Crippen LogP contribution < -0.4 is 10.2 Å². The number of fused-ring (bicyclic) bond motifs is 2. The molecule has 2 aliphatic heterocycles. The summed E-state index contributed by atoms with van der Waals surface area (Å²) in [5, 5.41) is 2.43.